The van der Waals surface area contributed by atoms with Gasteiger partial charge in [0.1, 0.15) is 6.04 Å². The fourth-order valence-electron chi connectivity index (χ4n) is 4.77. The Morgan fingerprint density at radius 3 is 2.43 bits per heavy atom. The number of benzene rings is 3. The number of sulfonamides is 1. The topological polar surface area (TPSA) is 86.8 Å². The molecule has 7 nitrogen and oxygen atoms in total. The zero-order valence-corrected chi connectivity index (χ0v) is 21.1. The molecule has 1 aliphatic heterocycles. The van der Waals surface area contributed by atoms with E-state index in [2.05, 4.69) is 5.32 Å². The molecule has 3 aromatic carbocycles. The minimum atomic E-state index is -3.66. The molecule has 1 aliphatic rings. The van der Waals surface area contributed by atoms with Gasteiger partial charge in [-0.25, -0.2) is 8.42 Å². The summed E-state index contributed by atoms with van der Waals surface area (Å²) in [5, 5.41) is 4.27. The summed E-state index contributed by atoms with van der Waals surface area (Å²) < 4.78 is 27.8. The average Bonchev–Trinajstić information content (AvgIpc) is 3.07. The van der Waals surface area contributed by atoms with Crippen molar-refractivity contribution >= 4 is 38.3 Å². The number of rotatable bonds is 9. The van der Waals surface area contributed by atoms with Crippen molar-refractivity contribution in [2.75, 3.05) is 17.9 Å². The van der Waals surface area contributed by atoms with Gasteiger partial charge in [-0.3, -0.25) is 13.9 Å². The highest BCUT2D eigenvalue weighted by atomic mass is 32.2. The highest BCUT2D eigenvalue weighted by molar-refractivity contribution is 7.93. The predicted octanol–water partition coefficient (Wildman–Crippen LogP) is 3.99. The molecule has 0 bridgehead atoms. The summed E-state index contributed by atoms with van der Waals surface area (Å²) in [4.78, 5) is 27.9. The maximum atomic E-state index is 13.4. The lowest BCUT2D eigenvalue weighted by atomic mass is 10.1. The zero-order valence-electron chi connectivity index (χ0n) is 20.3. The van der Waals surface area contributed by atoms with E-state index in [-0.39, 0.29) is 24.8 Å². The van der Waals surface area contributed by atoms with Gasteiger partial charge in [-0.1, -0.05) is 55.5 Å². The van der Waals surface area contributed by atoms with Crippen molar-refractivity contribution in [2.45, 2.75) is 50.6 Å². The monoisotopic (exact) mass is 493 g/mol. The number of amides is 2. The van der Waals surface area contributed by atoms with Crippen LogP contribution in [0.15, 0.2) is 65.6 Å². The number of aryl methyl sites for hydroxylation is 1. The highest BCUT2D eigenvalue weighted by Crippen LogP contribution is 2.42. The van der Waals surface area contributed by atoms with Crippen molar-refractivity contribution < 1.29 is 18.0 Å². The first kappa shape index (κ1) is 24.7. The van der Waals surface area contributed by atoms with Crippen molar-refractivity contribution in [3.05, 3.63) is 71.8 Å². The van der Waals surface area contributed by atoms with Crippen molar-refractivity contribution in [3.8, 4) is 0 Å². The summed E-state index contributed by atoms with van der Waals surface area (Å²) in [5.74, 6) is -0.380. The van der Waals surface area contributed by atoms with Gasteiger partial charge < -0.3 is 10.2 Å². The van der Waals surface area contributed by atoms with E-state index in [9.17, 15) is 18.0 Å². The third-order valence-corrected chi connectivity index (χ3v) is 8.52. The largest absolute Gasteiger partial charge is 0.357 e. The molecule has 2 amide bonds. The van der Waals surface area contributed by atoms with E-state index >= 15 is 0 Å². The van der Waals surface area contributed by atoms with Crippen LogP contribution in [0.4, 0.5) is 5.69 Å². The predicted molar refractivity (Wildman–Crippen MR) is 138 cm³/mol. The van der Waals surface area contributed by atoms with Gasteiger partial charge in [-0.2, -0.15) is 0 Å². The van der Waals surface area contributed by atoms with Gasteiger partial charge in [0.25, 0.3) is 10.0 Å². The summed E-state index contributed by atoms with van der Waals surface area (Å²) in [5.41, 5.74) is 2.68. The average molecular weight is 494 g/mol. The quantitative estimate of drug-likeness (QED) is 0.488. The van der Waals surface area contributed by atoms with Gasteiger partial charge >= 0.3 is 0 Å². The van der Waals surface area contributed by atoms with E-state index in [1.807, 2.05) is 56.3 Å². The van der Waals surface area contributed by atoms with Crippen LogP contribution in [0.25, 0.3) is 10.8 Å². The SMILES string of the molecule is CCC(C(=O)NC)N(Cc1ccccc1C)C(=O)CCCN1c2cccc3cccc(c23)S1(=O)=O. The van der Waals surface area contributed by atoms with Crippen LogP contribution in [0.5, 0.6) is 0 Å². The summed E-state index contributed by atoms with van der Waals surface area (Å²) in [6, 6.07) is 18.0. The first-order valence-corrected chi connectivity index (χ1v) is 13.3. The van der Waals surface area contributed by atoms with E-state index in [0.29, 0.717) is 30.0 Å². The van der Waals surface area contributed by atoms with Crippen molar-refractivity contribution in [1.82, 2.24) is 10.2 Å². The van der Waals surface area contributed by atoms with Crippen molar-refractivity contribution in [2.24, 2.45) is 0 Å². The van der Waals surface area contributed by atoms with Crippen LogP contribution in [0, 0.1) is 6.92 Å². The molecular weight excluding hydrogens is 462 g/mol. The third-order valence-electron chi connectivity index (χ3n) is 6.67. The molecule has 8 heteroatoms. The van der Waals surface area contributed by atoms with Gasteiger partial charge in [0, 0.05) is 31.9 Å². The summed E-state index contributed by atoms with van der Waals surface area (Å²) >= 11 is 0. The molecule has 0 spiro atoms. The number of anilines is 1. The first-order chi connectivity index (χ1) is 16.8. The van der Waals surface area contributed by atoms with E-state index < -0.39 is 16.1 Å². The van der Waals surface area contributed by atoms with Crippen LogP contribution < -0.4 is 9.62 Å². The highest BCUT2D eigenvalue weighted by Gasteiger charge is 2.35. The molecule has 1 unspecified atom stereocenters. The number of likely N-dealkylation sites (N-methyl/N-ethyl adjacent to an activating group) is 1. The second kappa shape index (κ2) is 10.1. The van der Waals surface area contributed by atoms with E-state index in [0.717, 1.165) is 21.9 Å². The van der Waals surface area contributed by atoms with Crippen molar-refractivity contribution in [1.29, 1.82) is 0 Å². The zero-order chi connectivity index (χ0) is 25.2. The lowest BCUT2D eigenvalue weighted by Gasteiger charge is -2.31. The molecule has 0 saturated carbocycles. The number of nitrogens with zero attached hydrogens (tertiary/aromatic N) is 2. The van der Waals surface area contributed by atoms with Gasteiger partial charge in [-0.05, 0) is 48.4 Å². The second-order valence-corrected chi connectivity index (χ2v) is 10.6. The van der Waals surface area contributed by atoms with Gasteiger partial charge in [0.2, 0.25) is 11.8 Å². The molecule has 0 saturated heterocycles. The van der Waals surface area contributed by atoms with Gasteiger partial charge in [0.15, 0.2) is 0 Å². The van der Waals surface area contributed by atoms with Gasteiger partial charge in [0.05, 0.1) is 10.6 Å². The number of nitrogens with one attached hydrogen (secondary N) is 1. The van der Waals surface area contributed by atoms with Gasteiger partial charge in [-0.15, -0.1) is 0 Å². The molecule has 4 rings (SSSR count). The molecule has 35 heavy (non-hydrogen) atoms. The summed E-state index contributed by atoms with van der Waals surface area (Å²) in [6.07, 6.45) is 0.962. The molecule has 1 heterocycles. The Balaban J connectivity index is 1.53. The summed E-state index contributed by atoms with van der Waals surface area (Å²) in [7, 11) is -2.10. The van der Waals surface area contributed by atoms with E-state index in [1.165, 1.54) is 4.31 Å². The Hall–Kier alpha value is -3.39. The lowest BCUT2D eigenvalue weighted by molar-refractivity contribution is -0.141. The minimum absolute atomic E-state index is 0.137. The Morgan fingerprint density at radius 1 is 1.03 bits per heavy atom. The van der Waals surface area contributed by atoms with E-state index in [4.69, 9.17) is 0 Å². The van der Waals surface area contributed by atoms with Crippen LogP contribution in [-0.2, 0) is 26.2 Å². The molecular formula is C27H31N3O4S. The van der Waals surface area contributed by atoms with Crippen LogP contribution in [0.1, 0.15) is 37.3 Å². The number of carbonyl (C=O) groups is 2. The number of carbonyl (C=O) groups excluding carboxylic acids is 2. The Kier molecular flexibility index (Phi) is 7.12. The first-order valence-electron chi connectivity index (χ1n) is 11.9. The fourth-order valence-corrected chi connectivity index (χ4v) is 6.52. The third kappa shape index (κ3) is 4.62. The molecule has 1 atom stereocenters. The molecule has 0 aromatic heterocycles. The van der Waals surface area contributed by atoms with E-state index in [1.54, 1.807) is 30.1 Å². The maximum absolute atomic E-state index is 13.4. The Morgan fingerprint density at radius 2 is 1.74 bits per heavy atom. The Labute approximate surface area is 206 Å². The standard InChI is InChI=1S/C27H31N3O4S/c1-4-22(27(32)28-3)29(18-21-11-6-5-10-19(21)2)25(31)16-9-17-30-23-14-7-12-20-13-8-15-24(26(20)23)35(30,33)34/h5-8,10-15,22H,4,9,16-18H2,1-3H3,(H,28,32). The van der Waals surface area contributed by atoms with Crippen LogP contribution >= 0.6 is 0 Å². The number of hydrogen-bond acceptors (Lipinski definition) is 4. The molecule has 184 valence electrons. The number of hydrogen-bond donors (Lipinski definition) is 1. The molecule has 0 fully saturated rings. The molecule has 0 radical (unpaired) electrons. The summed E-state index contributed by atoms with van der Waals surface area (Å²) in [6.45, 7) is 4.38. The van der Waals surface area contributed by atoms with Crippen LogP contribution in [-0.4, -0.2) is 44.8 Å². The lowest BCUT2D eigenvalue weighted by Crippen LogP contribution is -2.48. The molecule has 1 N–H and O–H groups in total. The normalized spacial score (nSPS) is 14.7. The molecule has 3 aromatic rings. The maximum Gasteiger partial charge on any atom is 0.265 e. The minimum Gasteiger partial charge on any atom is -0.357 e. The molecule has 0 aliphatic carbocycles. The van der Waals surface area contributed by atoms with Crippen LogP contribution in [0.2, 0.25) is 0 Å². The van der Waals surface area contributed by atoms with Crippen molar-refractivity contribution in [3.63, 3.8) is 0 Å². The Bertz CT molecular complexity index is 1360. The smallest absolute Gasteiger partial charge is 0.265 e. The second-order valence-electron chi connectivity index (χ2n) is 8.80. The fraction of sp³-hybridized carbons (Fsp3) is 0.333. The van der Waals surface area contributed by atoms with Crippen LogP contribution in [0.3, 0.4) is 0 Å².